The molecule has 0 saturated carbocycles. The summed E-state index contributed by atoms with van der Waals surface area (Å²) >= 11 is 0. The first-order valence-corrected chi connectivity index (χ1v) is 7.06. The fourth-order valence-electron chi connectivity index (χ4n) is 2.60. The second-order valence-corrected chi connectivity index (χ2v) is 5.37. The first-order valence-electron chi connectivity index (χ1n) is 7.06. The molecule has 1 saturated heterocycles. The topological polar surface area (TPSA) is 92.4 Å². The predicted octanol–water partition coefficient (Wildman–Crippen LogP) is 1.93. The molecule has 1 aromatic carbocycles. The highest BCUT2D eigenvalue weighted by molar-refractivity contribution is 5.68. The molecule has 2 aromatic rings. The van der Waals surface area contributed by atoms with Crippen molar-refractivity contribution in [3.8, 4) is 11.1 Å². The van der Waals surface area contributed by atoms with Gasteiger partial charge in [0.1, 0.15) is 0 Å². The van der Waals surface area contributed by atoms with Gasteiger partial charge in [-0.25, -0.2) is 9.97 Å². The lowest BCUT2D eigenvalue weighted by molar-refractivity contribution is -0.384. The predicted molar refractivity (Wildman–Crippen MR) is 81.7 cm³/mol. The fourth-order valence-corrected chi connectivity index (χ4v) is 2.60. The fraction of sp³-hybridized carbons (Fsp3) is 0.333. The zero-order valence-electron chi connectivity index (χ0n) is 12.1. The molecule has 1 aliphatic rings. The van der Waals surface area contributed by atoms with Crippen molar-refractivity contribution in [1.29, 1.82) is 0 Å². The van der Waals surface area contributed by atoms with Crippen LogP contribution in [0.4, 0.5) is 11.6 Å². The molecular weight excluding hydrogens is 284 g/mol. The zero-order valence-corrected chi connectivity index (χ0v) is 12.1. The number of aryl methyl sites for hydroxylation is 1. The van der Waals surface area contributed by atoms with Crippen LogP contribution in [0.1, 0.15) is 12.1 Å². The molecular formula is C15H16N4O3. The molecule has 7 heteroatoms. The Balaban J connectivity index is 1.92. The lowest BCUT2D eigenvalue weighted by atomic mass is 10.1. The Bertz CT molecular complexity index is 720. The molecule has 7 nitrogen and oxygen atoms in total. The van der Waals surface area contributed by atoms with Crippen molar-refractivity contribution in [2.45, 2.75) is 19.4 Å². The molecule has 0 unspecified atom stereocenters. The van der Waals surface area contributed by atoms with E-state index >= 15 is 0 Å². The second kappa shape index (κ2) is 5.69. The molecule has 1 atom stereocenters. The van der Waals surface area contributed by atoms with Crippen molar-refractivity contribution < 1.29 is 10.0 Å². The van der Waals surface area contributed by atoms with Crippen molar-refractivity contribution in [2.24, 2.45) is 0 Å². The van der Waals surface area contributed by atoms with E-state index < -0.39 is 4.92 Å². The van der Waals surface area contributed by atoms with Crippen LogP contribution in [0, 0.1) is 17.0 Å². The summed E-state index contributed by atoms with van der Waals surface area (Å²) in [4.78, 5) is 21.2. The van der Waals surface area contributed by atoms with Gasteiger partial charge in [-0.1, -0.05) is 12.1 Å². The Morgan fingerprint density at radius 3 is 2.91 bits per heavy atom. The monoisotopic (exact) mass is 300 g/mol. The van der Waals surface area contributed by atoms with E-state index in [0.717, 1.165) is 29.8 Å². The number of aliphatic hydroxyl groups is 1. The first-order chi connectivity index (χ1) is 10.5. The summed E-state index contributed by atoms with van der Waals surface area (Å²) in [6.07, 6.45) is 2.07. The average molecular weight is 300 g/mol. The summed E-state index contributed by atoms with van der Waals surface area (Å²) in [6.45, 7) is 3.12. The number of benzene rings is 1. The molecule has 0 radical (unpaired) electrons. The third kappa shape index (κ3) is 2.75. The van der Waals surface area contributed by atoms with Crippen LogP contribution in [0.2, 0.25) is 0 Å². The molecule has 1 aliphatic heterocycles. The van der Waals surface area contributed by atoms with Crippen molar-refractivity contribution in [3.63, 3.8) is 0 Å². The van der Waals surface area contributed by atoms with Crippen LogP contribution >= 0.6 is 0 Å². The molecule has 1 N–H and O–H groups in total. The number of nitro groups is 1. The molecule has 0 aliphatic carbocycles. The van der Waals surface area contributed by atoms with Gasteiger partial charge in [0.2, 0.25) is 5.95 Å². The largest absolute Gasteiger partial charge is 0.391 e. The molecule has 1 aromatic heterocycles. The van der Waals surface area contributed by atoms with Gasteiger partial charge < -0.3 is 10.0 Å². The van der Waals surface area contributed by atoms with Crippen molar-refractivity contribution >= 4 is 11.6 Å². The highest BCUT2D eigenvalue weighted by atomic mass is 16.6. The SMILES string of the molecule is Cc1nc(N2CC[C@@H](O)C2)ncc1-c1cccc([N+](=O)[O-])c1. The van der Waals surface area contributed by atoms with Gasteiger partial charge in [0.15, 0.2) is 0 Å². The first kappa shape index (κ1) is 14.4. The number of non-ortho nitro benzene ring substituents is 1. The molecule has 0 spiro atoms. The number of hydrogen-bond acceptors (Lipinski definition) is 6. The van der Waals surface area contributed by atoms with Gasteiger partial charge in [-0.05, 0) is 18.9 Å². The Kier molecular flexibility index (Phi) is 3.72. The van der Waals surface area contributed by atoms with Crippen molar-refractivity contribution in [3.05, 3.63) is 46.3 Å². The van der Waals surface area contributed by atoms with E-state index in [2.05, 4.69) is 9.97 Å². The maximum Gasteiger partial charge on any atom is 0.270 e. The highest BCUT2D eigenvalue weighted by Crippen LogP contribution is 2.27. The molecule has 3 rings (SSSR count). The van der Waals surface area contributed by atoms with Crippen LogP contribution in [-0.2, 0) is 0 Å². The smallest absolute Gasteiger partial charge is 0.270 e. The van der Waals surface area contributed by atoms with Crippen LogP contribution in [-0.4, -0.2) is 39.2 Å². The van der Waals surface area contributed by atoms with Gasteiger partial charge >= 0.3 is 0 Å². The summed E-state index contributed by atoms with van der Waals surface area (Å²) in [7, 11) is 0. The van der Waals surface area contributed by atoms with E-state index in [0.29, 0.717) is 12.5 Å². The summed E-state index contributed by atoms with van der Waals surface area (Å²) in [5, 5.41) is 20.5. The van der Waals surface area contributed by atoms with Crippen LogP contribution in [0.5, 0.6) is 0 Å². The maximum atomic E-state index is 10.9. The quantitative estimate of drug-likeness (QED) is 0.688. The van der Waals surface area contributed by atoms with Crippen LogP contribution < -0.4 is 4.90 Å². The minimum atomic E-state index is -0.417. The number of rotatable bonds is 3. The van der Waals surface area contributed by atoms with E-state index in [1.165, 1.54) is 12.1 Å². The van der Waals surface area contributed by atoms with Crippen molar-refractivity contribution in [2.75, 3.05) is 18.0 Å². The summed E-state index contributed by atoms with van der Waals surface area (Å²) in [6, 6.07) is 6.43. The number of nitrogens with zero attached hydrogens (tertiary/aromatic N) is 4. The van der Waals surface area contributed by atoms with Gasteiger partial charge in [-0.15, -0.1) is 0 Å². The number of β-amino-alcohol motifs (C(OH)–C–C–N with tert-alkyl or cyclic N) is 1. The molecule has 22 heavy (non-hydrogen) atoms. The molecule has 114 valence electrons. The van der Waals surface area contributed by atoms with E-state index in [-0.39, 0.29) is 11.8 Å². The number of aliphatic hydroxyl groups excluding tert-OH is 1. The number of hydrogen-bond donors (Lipinski definition) is 1. The Labute approximate surface area is 127 Å². The standard InChI is InChI=1S/C15H16N4O3/c1-10-14(11-3-2-4-12(7-11)19(21)22)8-16-15(17-10)18-6-5-13(20)9-18/h2-4,7-8,13,20H,5-6,9H2,1H3/t13-/m1/s1. The third-order valence-electron chi connectivity index (χ3n) is 3.78. The molecule has 2 heterocycles. The van der Waals surface area contributed by atoms with Crippen molar-refractivity contribution in [1.82, 2.24) is 9.97 Å². The molecule has 0 amide bonds. The van der Waals surface area contributed by atoms with E-state index in [9.17, 15) is 15.2 Å². The Morgan fingerprint density at radius 1 is 1.45 bits per heavy atom. The summed E-state index contributed by atoms with van der Waals surface area (Å²) < 4.78 is 0. The van der Waals surface area contributed by atoms with Gasteiger partial charge in [0, 0.05) is 37.0 Å². The lowest BCUT2D eigenvalue weighted by Gasteiger charge is -2.16. The third-order valence-corrected chi connectivity index (χ3v) is 3.78. The summed E-state index contributed by atoms with van der Waals surface area (Å²) in [5.41, 5.74) is 2.29. The van der Waals surface area contributed by atoms with Crippen LogP contribution in [0.15, 0.2) is 30.5 Å². The van der Waals surface area contributed by atoms with Crippen LogP contribution in [0.25, 0.3) is 11.1 Å². The normalized spacial score (nSPS) is 17.7. The summed E-state index contributed by atoms with van der Waals surface area (Å²) in [5.74, 6) is 0.586. The zero-order chi connectivity index (χ0) is 15.7. The second-order valence-electron chi connectivity index (χ2n) is 5.37. The van der Waals surface area contributed by atoms with E-state index in [4.69, 9.17) is 0 Å². The number of anilines is 1. The van der Waals surface area contributed by atoms with Gasteiger partial charge in [-0.2, -0.15) is 0 Å². The minimum absolute atomic E-state index is 0.0450. The Hall–Kier alpha value is -2.54. The van der Waals surface area contributed by atoms with E-state index in [1.807, 2.05) is 11.8 Å². The molecule has 0 bridgehead atoms. The van der Waals surface area contributed by atoms with E-state index in [1.54, 1.807) is 18.3 Å². The maximum absolute atomic E-state index is 10.9. The van der Waals surface area contributed by atoms with Gasteiger partial charge in [-0.3, -0.25) is 10.1 Å². The van der Waals surface area contributed by atoms with Gasteiger partial charge in [0.05, 0.1) is 16.7 Å². The number of aromatic nitrogens is 2. The lowest BCUT2D eigenvalue weighted by Crippen LogP contribution is -2.23. The Morgan fingerprint density at radius 2 is 2.27 bits per heavy atom. The minimum Gasteiger partial charge on any atom is -0.391 e. The van der Waals surface area contributed by atoms with Gasteiger partial charge in [0.25, 0.3) is 5.69 Å². The number of nitro benzene ring substituents is 1. The highest BCUT2D eigenvalue weighted by Gasteiger charge is 2.22. The average Bonchev–Trinajstić information content (AvgIpc) is 2.94. The van der Waals surface area contributed by atoms with Crippen LogP contribution in [0.3, 0.4) is 0 Å². The molecule has 1 fully saturated rings.